The number of carbonyl (C=O) groups is 1. The van der Waals surface area contributed by atoms with E-state index in [0.29, 0.717) is 5.69 Å². The molecule has 1 amide bonds. The fourth-order valence-corrected chi connectivity index (χ4v) is 1.57. The summed E-state index contributed by atoms with van der Waals surface area (Å²) >= 11 is 6.03. The second-order valence-electron chi connectivity index (χ2n) is 3.47. The van der Waals surface area contributed by atoms with E-state index >= 15 is 0 Å². The van der Waals surface area contributed by atoms with Crippen LogP contribution in [0.25, 0.3) is 0 Å². The average molecular weight is 247 g/mol. The van der Waals surface area contributed by atoms with Crippen molar-refractivity contribution in [1.82, 2.24) is 4.98 Å². The largest absolute Gasteiger partial charge is 0.324 e. The molecule has 86 valence electrons. The summed E-state index contributed by atoms with van der Waals surface area (Å²) in [4.78, 5) is 15.9. The minimum Gasteiger partial charge on any atom is -0.324 e. The average Bonchev–Trinajstić information content (AvgIpc) is 2.40. The van der Waals surface area contributed by atoms with E-state index in [4.69, 9.17) is 11.6 Å². The van der Waals surface area contributed by atoms with Gasteiger partial charge in [0, 0.05) is 11.9 Å². The Labute approximate surface area is 104 Å². The van der Waals surface area contributed by atoms with Crippen LogP contribution < -0.4 is 5.32 Å². The van der Waals surface area contributed by atoms with Gasteiger partial charge in [-0.15, -0.1) is 11.6 Å². The first-order valence-corrected chi connectivity index (χ1v) is 5.62. The summed E-state index contributed by atoms with van der Waals surface area (Å²) in [6.45, 7) is 0. The highest BCUT2D eigenvalue weighted by atomic mass is 35.5. The fourth-order valence-electron chi connectivity index (χ4n) is 1.39. The molecule has 4 heteroatoms. The van der Waals surface area contributed by atoms with Crippen molar-refractivity contribution in [2.75, 3.05) is 5.32 Å². The number of halogens is 1. The standard InChI is InChI=1S/C13H11ClN2O/c14-12(11-8-4-5-9-15-11)13(17)16-10-6-2-1-3-7-10/h1-9,12H,(H,16,17). The number of hydrogen-bond acceptors (Lipinski definition) is 2. The van der Waals surface area contributed by atoms with Crippen LogP contribution in [0.5, 0.6) is 0 Å². The molecule has 1 aromatic carbocycles. The number of anilines is 1. The fraction of sp³-hybridized carbons (Fsp3) is 0.0769. The Kier molecular flexibility index (Phi) is 3.73. The summed E-state index contributed by atoms with van der Waals surface area (Å²) in [5.74, 6) is -0.281. The summed E-state index contributed by atoms with van der Waals surface area (Å²) in [5.41, 5.74) is 1.27. The lowest BCUT2D eigenvalue weighted by molar-refractivity contribution is -0.116. The molecule has 1 heterocycles. The molecule has 1 atom stereocenters. The SMILES string of the molecule is O=C(Nc1ccccc1)C(Cl)c1ccccn1. The maximum atomic E-state index is 11.8. The van der Waals surface area contributed by atoms with Crippen molar-refractivity contribution in [1.29, 1.82) is 0 Å². The lowest BCUT2D eigenvalue weighted by atomic mass is 10.2. The minimum atomic E-state index is -0.781. The van der Waals surface area contributed by atoms with Crippen molar-refractivity contribution in [3.8, 4) is 0 Å². The number of nitrogens with zero attached hydrogens (tertiary/aromatic N) is 1. The van der Waals surface area contributed by atoms with Gasteiger partial charge < -0.3 is 5.32 Å². The zero-order valence-electron chi connectivity index (χ0n) is 9.01. The van der Waals surface area contributed by atoms with Crippen molar-refractivity contribution in [2.45, 2.75) is 5.38 Å². The summed E-state index contributed by atoms with van der Waals surface area (Å²) in [7, 11) is 0. The maximum Gasteiger partial charge on any atom is 0.248 e. The smallest absolute Gasteiger partial charge is 0.248 e. The van der Waals surface area contributed by atoms with E-state index in [0.717, 1.165) is 5.69 Å². The van der Waals surface area contributed by atoms with Crippen LogP contribution in [-0.4, -0.2) is 10.9 Å². The maximum absolute atomic E-state index is 11.8. The van der Waals surface area contributed by atoms with Gasteiger partial charge >= 0.3 is 0 Å². The van der Waals surface area contributed by atoms with Crippen molar-refractivity contribution in [2.24, 2.45) is 0 Å². The van der Waals surface area contributed by atoms with E-state index in [-0.39, 0.29) is 5.91 Å². The van der Waals surface area contributed by atoms with Gasteiger partial charge in [0.15, 0.2) is 5.38 Å². The Morgan fingerprint density at radius 2 is 1.82 bits per heavy atom. The monoisotopic (exact) mass is 246 g/mol. The topological polar surface area (TPSA) is 42.0 Å². The number of para-hydroxylation sites is 1. The van der Waals surface area contributed by atoms with E-state index in [1.165, 1.54) is 0 Å². The van der Waals surface area contributed by atoms with Gasteiger partial charge in [-0.3, -0.25) is 9.78 Å². The number of nitrogens with one attached hydrogen (secondary N) is 1. The molecule has 2 aromatic rings. The quantitative estimate of drug-likeness (QED) is 0.846. The Hall–Kier alpha value is -1.87. The van der Waals surface area contributed by atoms with Crippen LogP contribution in [0.15, 0.2) is 54.7 Å². The molecule has 0 bridgehead atoms. The summed E-state index contributed by atoms with van der Waals surface area (Å²) in [6, 6.07) is 14.5. The molecular weight excluding hydrogens is 236 g/mol. The molecule has 1 unspecified atom stereocenters. The van der Waals surface area contributed by atoms with Crippen LogP contribution in [0.2, 0.25) is 0 Å². The molecular formula is C13H11ClN2O. The molecule has 0 saturated heterocycles. The molecule has 0 saturated carbocycles. The molecule has 0 spiro atoms. The Morgan fingerprint density at radius 1 is 1.12 bits per heavy atom. The van der Waals surface area contributed by atoms with Crippen LogP contribution in [-0.2, 0) is 4.79 Å². The molecule has 0 radical (unpaired) electrons. The third-order valence-electron chi connectivity index (χ3n) is 2.22. The second kappa shape index (κ2) is 5.46. The number of alkyl halides is 1. The third-order valence-corrected chi connectivity index (χ3v) is 2.64. The van der Waals surface area contributed by atoms with E-state index < -0.39 is 5.38 Å². The first kappa shape index (κ1) is 11.6. The van der Waals surface area contributed by atoms with Crippen molar-refractivity contribution < 1.29 is 4.79 Å². The summed E-state index contributed by atoms with van der Waals surface area (Å²) in [6.07, 6.45) is 1.61. The molecule has 0 aliphatic rings. The molecule has 17 heavy (non-hydrogen) atoms. The Balaban J connectivity index is 2.06. The first-order chi connectivity index (χ1) is 8.27. The predicted molar refractivity (Wildman–Crippen MR) is 67.9 cm³/mol. The van der Waals surface area contributed by atoms with E-state index in [1.54, 1.807) is 36.5 Å². The molecule has 1 aromatic heterocycles. The van der Waals surface area contributed by atoms with Gasteiger partial charge in [0.25, 0.3) is 0 Å². The lowest BCUT2D eigenvalue weighted by Crippen LogP contribution is -2.17. The summed E-state index contributed by atoms with van der Waals surface area (Å²) in [5, 5.41) is 1.95. The van der Waals surface area contributed by atoms with Crippen molar-refractivity contribution in [3.63, 3.8) is 0 Å². The van der Waals surface area contributed by atoms with Crippen molar-refractivity contribution >= 4 is 23.2 Å². The highest BCUT2D eigenvalue weighted by Crippen LogP contribution is 2.20. The number of hydrogen-bond donors (Lipinski definition) is 1. The zero-order valence-corrected chi connectivity index (χ0v) is 9.76. The molecule has 1 N–H and O–H groups in total. The number of amides is 1. The van der Waals surface area contributed by atoms with Crippen LogP contribution in [0.4, 0.5) is 5.69 Å². The second-order valence-corrected chi connectivity index (χ2v) is 3.91. The van der Waals surface area contributed by atoms with Crippen LogP contribution in [0.3, 0.4) is 0 Å². The number of benzene rings is 1. The van der Waals surface area contributed by atoms with E-state index in [1.807, 2.05) is 18.2 Å². The Morgan fingerprint density at radius 3 is 2.47 bits per heavy atom. The molecule has 0 aliphatic carbocycles. The zero-order chi connectivity index (χ0) is 12.1. The molecule has 2 rings (SSSR count). The van der Waals surface area contributed by atoms with Crippen LogP contribution >= 0.6 is 11.6 Å². The summed E-state index contributed by atoms with van der Waals surface area (Å²) < 4.78 is 0. The number of rotatable bonds is 3. The highest BCUT2D eigenvalue weighted by molar-refractivity contribution is 6.32. The Bertz CT molecular complexity index is 487. The number of aromatic nitrogens is 1. The normalized spacial score (nSPS) is 11.8. The number of pyridine rings is 1. The lowest BCUT2D eigenvalue weighted by Gasteiger charge is -2.09. The van der Waals surface area contributed by atoms with E-state index in [2.05, 4.69) is 10.3 Å². The predicted octanol–water partition coefficient (Wildman–Crippen LogP) is 3.00. The third kappa shape index (κ3) is 3.04. The van der Waals surface area contributed by atoms with Gasteiger partial charge in [0.1, 0.15) is 0 Å². The van der Waals surface area contributed by atoms with Gasteiger partial charge in [-0.2, -0.15) is 0 Å². The van der Waals surface area contributed by atoms with Gasteiger partial charge in [0.2, 0.25) is 5.91 Å². The highest BCUT2D eigenvalue weighted by Gasteiger charge is 2.18. The number of carbonyl (C=O) groups excluding carboxylic acids is 1. The van der Waals surface area contributed by atoms with E-state index in [9.17, 15) is 4.79 Å². The van der Waals surface area contributed by atoms with Gasteiger partial charge in [-0.25, -0.2) is 0 Å². The van der Waals surface area contributed by atoms with Gasteiger partial charge in [-0.1, -0.05) is 24.3 Å². The van der Waals surface area contributed by atoms with Gasteiger partial charge in [0.05, 0.1) is 5.69 Å². The van der Waals surface area contributed by atoms with Gasteiger partial charge in [-0.05, 0) is 24.3 Å². The van der Waals surface area contributed by atoms with Crippen LogP contribution in [0, 0.1) is 0 Å². The molecule has 0 aliphatic heterocycles. The first-order valence-electron chi connectivity index (χ1n) is 5.18. The molecule has 3 nitrogen and oxygen atoms in total. The van der Waals surface area contributed by atoms with Crippen LogP contribution in [0.1, 0.15) is 11.1 Å². The van der Waals surface area contributed by atoms with Crippen molar-refractivity contribution in [3.05, 3.63) is 60.4 Å². The minimum absolute atomic E-state index is 0.281. The molecule has 0 fully saturated rings.